The zero-order chi connectivity index (χ0) is 36.7. The first-order valence-electron chi connectivity index (χ1n) is 18.8. The summed E-state index contributed by atoms with van der Waals surface area (Å²) >= 11 is 0. The highest BCUT2D eigenvalue weighted by Crippen LogP contribution is 2.40. The highest BCUT2D eigenvalue weighted by Gasteiger charge is 2.19. The third-order valence-corrected chi connectivity index (χ3v) is 11.1. The normalized spacial score (nSPS) is 11.9. The van der Waals surface area contributed by atoms with Crippen molar-refractivity contribution in [2.45, 2.75) is 0 Å². The Kier molecular flexibility index (Phi) is 6.56. The molecule has 3 heterocycles. The molecule has 0 aliphatic carbocycles. The lowest BCUT2D eigenvalue weighted by molar-refractivity contribution is 0.669. The monoisotopic (exact) mass is 715 g/mol. The van der Waals surface area contributed by atoms with E-state index in [0.717, 1.165) is 71.7 Å². The van der Waals surface area contributed by atoms with Gasteiger partial charge in [-0.2, -0.15) is 0 Å². The Morgan fingerprint density at radius 3 is 1.46 bits per heavy atom. The van der Waals surface area contributed by atoms with E-state index in [4.69, 9.17) is 23.8 Å². The third kappa shape index (κ3) is 4.71. The molecule has 0 fully saturated rings. The van der Waals surface area contributed by atoms with Gasteiger partial charge in [-0.15, -0.1) is 0 Å². The molecule has 5 heteroatoms. The molecule has 3 aromatic heterocycles. The number of furan rings is 2. The summed E-state index contributed by atoms with van der Waals surface area (Å²) in [5, 5.41) is 11.7. The molecule has 0 aliphatic heterocycles. The fraction of sp³-hybridized carbons (Fsp3) is 0. The summed E-state index contributed by atoms with van der Waals surface area (Å²) in [5.74, 6) is 1.72. The molecule has 0 radical (unpaired) electrons. The Hall–Kier alpha value is -7.63. The number of benzene rings is 9. The molecule has 0 amide bonds. The topological polar surface area (TPSA) is 65.0 Å². The van der Waals surface area contributed by atoms with Crippen LogP contribution in [0.1, 0.15) is 0 Å². The van der Waals surface area contributed by atoms with Gasteiger partial charge in [0.25, 0.3) is 0 Å². The molecule has 0 bridgehead atoms. The van der Waals surface area contributed by atoms with Crippen molar-refractivity contribution in [1.82, 2.24) is 15.0 Å². The van der Waals surface area contributed by atoms with Crippen LogP contribution in [-0.4, -0.2) is 15.0 Å². The summed E-state index contributed by atoms with van der Waals surface area (Å²) in [7, 11) is 0. The summed E-state index contributed by atoms with van der Waals surface area (Å²) in [6.45, 7) is 0. The van der Waals surface area contributed by atoms with Crippen molar-refractivity contribution in [2.24, 2.45) is 0 Å². The van der Waals surface area contributed by atoms with Gasteiger partial charge in [0.15, 0.2) is 17.5 Å². The molecule has 0 aliphatic rings. The fourth-order valence-electron chi connectivity index (χ4n) is 8.45. The van der Waals surface area contributed by atoms with Crippen molar-refractivity contribution in [3.63, 3.8) is 0 Å². The van der Waals surface area contributed by atoms with Gasteiger partial charge in [0.1, 0.15) is 22.3 Å². The molecule has 0 saturated heterocycles. The van der Waals surface area contributed by atoms with Crippen molar-refractivity contribution >= 4 is 76.2 Å². The van der Waals surface area contributed by atoms with E-state index in [1.54, 1.807) is 0 Å². The van der Waals surface area contributed by atoms with Gasteiger partial charge in [0.05, 0.1) is 5.56 Å². The SMILES string of the molecule is c1ccc(-c2nc(-c3ccc4oc5ccc(-c6ccc7c8ccccc8c8ccccc8c7c6)cc5c4c3)nc(-c3cccc4c3oc3ccccc34)n2)cc1. The molecule has 0 saturated carbocycles. The van der Waals surface area contributed by atoms with E-state index in [1.165, 1.54) is 32.3 Å². The van der Waals surface area contributed by atoms with E-state index < -0.39 is 0 Å². The Balaban J connectivity index is 1.02. The molecule has 12 rings (SSSR count). The number of hydrogen-bond acceptors (Lipinski definition) is 5. The van der Waals surface area contributed by atoms with Crippen LogP contribution < -0.4 is 0 Å². The first kappa shape index (κ1) is 30.8. The maximum Gasteiger partial charge on any atom is 0.167 e. The minimum Gasteiger partial charge on any atom is -0.456 e. The number of hydrogen-bond donors (Lipinski definition) is 0. The standard InChI is InChI=1S/C51H29N3O2/c1-2-11-30(12-3-1)49-52-50(54-51(53-49)41-19-10-18-40-39-17-8-9-20-45(39)56-48(40)41)33-23-26-47-44(29-33)43-28-32(22-25-46(43)55-47)31-21-24-38-36-15-5-4-13-34(36)35-14-6-7-16-37(35)42(38)27-31/h1-29H. The first-order valence-corrected chi connectivity index (χ1v) is 18.8. The average molecular weight is 716 g/mol. The number of nitrogens with zero attached hydrogens (tertiary/aromatic N) is 3. The second kappa shape index (κ2) is 11.9. The van der Waals surface area contributed by atoms with E-state index in [0.29, 0.717) is 17.5 Å². The minimum absolute atomic E-state index is 0.551. The molecular weight excluding hydrogens is 687 g/mol. The van der Waals surface area contributed by atoms with Crippen molar-refractivity contribution in [3.05, 3.63) is 176 Å². The third-order valence-electron chi connectivity index (χ3n) is 11.1. The van der Waals surface area contributed by atoms with Crippen LogP contribution in [-0.2, 0) is 0 Å². The predicted molar refractivity (Wildman–Crippen MR) is 229 cm³/mol. The van der Waals surface area contributed by atoms with E-state index in [1.807, 2.05) is 72.8 Å². The summed E-state index contributed by atoms with van der Waals surface area (Å²) in [4.78, 5) is 15.2. The molecule has 56 heavy (non-hydrogen) atoms. The van der Waals surface area contributed by atoms with Gasteiger partial charge >= 0.3 is 0 Å². The summed E-state index contributed by atoms with van der Waals surface area (Å²) in [6.07, 6.45) is 0. The Labute approximate surface area is 320 Å². The van der Waals surface area contributed by atoms with Gasteiger partial charge in [0.2, 0.25) is 0 Å². The van der Waals surface area contributed by atoms with Crippen LogP contribution in [0.5, 0.6) is 0 Å². The van der Waals surface area contributed by atoms with Crippen molar-refractivity contribution in [1.29, 1.82) is 0 Å². The Morgan fingerprint density at radius 1 is 0.268 bits per heavy atom. The quantitative estimate of drug-likeness (QED) is 0.170. The lowest BCUT2D eigenvalue weighted by atomic mass is 9.92. The largest absolute Gasteiger partial charge is 0.456 e. The number of aromatic nitrogens is 3. The van der Waals surface area contributed by atoms with Crippen molar-refractivity contribution in [3.8, 4) is 45.3 Å². The van der Waals surface area contributed by atoms with Gasteiger partial charge in [-0.1, -0.05) is 127 Å². The van der Waals surface area contributed by atoms with Crippen LogP contribution >= 0.6 is 0 Å². The molecule has 9 aromatic carbocycles. The highest BCUT2D eigenvalue weighted by atomic mass is 16.3. The summed E-state index contributed by atoms with van der Waals surface area (Å²) in [5.41, 5.74) is 8.08. The maximum absolute atomic E-state index is 6.42. The van der Waals surface area contributed by atoms with Crippen LogP contribution in [0.25, 0.3) is 121 Å². The predicted octanol–water partition coefficient (Wildman–Crippen LogP) is 13.8. The number of fused-ring (bicyclic) bond motifs is 12. The Bertz CT molecular complexity index is 3510. The Morgan fingerprint density at radius 2 is 0.750 bits per heavy atom. The molecule has 0 N–H and O–H groups in total. The van der Waals surface area contributed by atoms with Gasteiger partial charge in [-0.25, -0.2) is 15.0 Å². The second-order valence-electron chi connectivity index (χ2n) is 14.3. The number of rotatable bonds is 4. The summed E-state index contributed by atoms with van der Waals surface area (Å²) < 4.78 is 12.8. The van der Waals surface area contributed by atoms with Crippen LogP contribution in [0.3, 0.4) is 0 Å². The molecular formula is C51H29N3O2. The molecule has 0 atom stereocenters. The first-order chi connectivity index (χ1) is 27.7. The number of para-hydroxylation sites is 2. The summed E-state index contributed by atoms with van der Waals surface area (Å²) in [6, 6.07) is 61.2. The zero-order valence-electron chi connectivity index (χ0n) is 29.9. The van der Waals surface area contributed by atoms with Crippen LogP contribution in [0, 0.1) is 0 Å². The second-order valence-corrected chi connectivity index (χ2v) is 14.3. The van der Waals surface area contributed by atoms with Crippen LogP contribution in [0.15, 0.2) is 185 Å². The van der Waals surface area contributed by atoms with Crippen molar-refractivity contribution < 1.29 is 8.83 Å². The molecule has 260 valence electrons. The molecule has 5 nitrogen and oxygen atoms in total. The van der Waals surface area contributed by atoms with Crippen molar-refractivity contribution in [2.75, 3.05) is 0 Å². The van der Waals surface area contributed by atoms with Crippen LogP contribution in [0.4, 0.5) is 0 Å². The van der Waals surface area contributed by atoms with Crippen LogP contribution in [0.2, 0.25) is 0 Å². The van der Waals surface area contributed by atoms with E-state index in [-0.39, 0.29) is 0 Å². The highest BCUT2D eigenvalue weighted by molar-refractivity contribution is 6.25. The molecule has 12 aromatic rings. The fourth-order valence-corrected chi connectivity index (χ4v) is 8.45. The lowest BCUT2D eigenvalue weighted by Crippen LogP contribution is -2.00. The molecule has 0 spiro atoms. The van der Waals surface area contributed by atoms with E-state index >= 15 is 0 Å². The maximum atomic E-state index is 6.42. The van der Waals surface area contributed by atoms with E-state index in [9.17, 15) is 0 Å². The van der Waals surface area contributed by atoms with Gasteiger partial charge in [-0.05, 0) is 92.0 Å². The van der Waals surface area contributed by atoms with Gasteiger partial charge < -0.3 is 8.83 Å². The minimum atomic E-state index is 0.551. The van der Waals surface area contributed by atoms with Gasteiger partial charge in [-0.3, -0.25) is 0 Å². The van der Waals surface area contributed by atoms with Gasteiger partial charge in [0, 0.05) is 32.7 Å². The zero-order valence-corrected chi connectivity index (χ0v) is 29.9. The smallest absolute Gasteiger partial charge is 0.167 e. The lowest BCUT2D eigenvalue weighted by Gasteiger charge is -2.12. The average Bonchev–Trinajstić information content (AvgIpc) is 3.84. The molecule has 0 unspecified atom stereocenters. The van der Waals surface area contributed by atoms with E-state index in [2.05, 4.69) is 103 Å².